The van der Waals surface area contributed by atoms with E-state index in [1.54, 1.807) is 19.3 Å². The second-order valence-corrected chi connectivity index (χ2v) is 14.0. The SMILES string of the molecule is C[C@H]1CN(C(=O)CC#N)[C@]12CCN(c1ncnc3c1ccn3C(=O)N(C)CCN(C)C(=O)OCc1ccc(O[C@@H]3O[C@H](C(=O)O)[C@@H](O)[C@H](O)[C@H]3O)c(N)c1)C2. The van der Waals surface area contributed by atoms with Crippen molar-refractivity contribution < 1.29 is 53.8 Å². The fourth-order valence-corrected chi connectivity index (χ4v) is 7.25. The lowest BCUT2D eigenvalue weighted by Crippen LogP contribution is -2.69. The number of likely N-dealkylation sites (tertiary alicyclic amines) is 1. The number of aliphatic carboxylic acids is 1. The normalized spacial score (nSPS) is 26.0. The van der Waals surface area contributed by atoms with E-state index in [1.165, 1.54) is 45.9 Å². The quantitative estimate of drug-likeness (QED) is 0.167. The highest BCUT2D eigenvalue weighted by Gasteiger charge is 2.56. The number of rotatable bonds is 10. The third-order valence-corrected chi connectivity index (χ3v) is 10.6. The number of aliphatic hydroxyl groups is 3. The monoisotopic (exact) mass is 765 g/mol. The Morgan fingerprint density at radius 2 is 1.84 bits per heavy atom. The second kappa shape index (κ2) is 15.5. The first kappa shape index (κ1) is 39.0. The van der Waals surface area contributed by atoms with E-state index in [0.717, 1.165) is 6.42 Å². The van der Waals surface area contributed by atoms with Gasteiger partial charge in [-0.2, -0.15) is 5.26 Å². The number of hydrogen-bond donors (Lipinski definition) is 5. The van der Waals surface area contributed by atoms with Gasteiger partial charge in [0.05, 0.1) is 22.7 Å². The molecule has 5 heterocycles. The number of carbonyl (C=O) groups is 4. The minimum absolute atomic E-state index is 0.0140. The number of carboxylic acids is 1. The lowest BCUT2D eigenvalue weighted by atomic mass is 9.74. The largest absolute Gasteiger partial charge is 0.479 e. The Labute approximate surface area is 314 Å². The molecule has 294 valence electrons. The predicted octanol–water partition coefficient (Wildman–Crippen LogP) is -0.206. The molecule has 6 N–H and O–H groups in total. The number of benzene rings is 1. The molecule has 20 nitrogen and oxygen atoms in total. The zero-order valence-corrected chi connectivity index (χ0v) is 30.4. The van der Waals surface area contributed by atoms with Crippen LogP contribution in [0.3, 0.4) is 0 Å². The molecule has 20 heteroatoms. The molecule has 55 heavy (non-hydrogen) atoms. The van der Waals surface area contributed by atoms with E-state index in [9.17, 15) is 39.6 Å². The molecular weight excluding hydrogens is 722 g/mol. The van der Waals surface area contributed by atoms with Crippen LogP contribution in [0.15, 0.2) is 36.8 Å². The zero-order valence-electron chi connectivity index (χ0n) is 30.4. The molecule has 3 aliphatic rings. The maximum atomic E-state index is 13.5. The molecule has 3 saturated heterocycles. The first-order valence-electron chi connectivity index (χ1n) is 17.5. The van der Waals surface area contributed by atoms with Crippen LogP contribution in [0.5, 0.6) is 5.75 Å². The molecule has 0 saturated carbocycles. The fourth-order valence-electron chi connectivity index (χ4n) is 7.25. The Hall–Kier alpha value is -5.75. The third kappa shape index (κ3) is 7.38. The van der Waals surface area contributed by atoms with Gasteiger partial charge in [-0.05, 0) is 36.1 Å². The fraction of sp³-hybridized carbons (Fsp3) is 0.514. The molecule has 6 rings (SSSR count). The minimum Gasteiger partial charge on any atom is -0.479 e. The summed E-state index contributed by atoms with van der Waals surface area (Å²) in [5, 5.41) is 49.1. The first-order valence-corrected chi connectivity index (χ1v) is 17.5. The number of anilines is 2. The number of nitriles is 1. The lowest BCUT2D eigenvalue weighted by Gasteiger charge is -2.55. The van der Waals surface area contributed by atoms with Gasteiger partial charge in [0.1, 0.15) is 49.2 Å². The highest BCUT2D eigenvalue weighted by atomic mass is 16.7. The van der Waals surface area contributed by atoms with Gasteiger partial charge in [0.25, 0.3) is 0 Å². The number of aromatic nitrogens is 3. The van der Waals surface area contributed by atoms with Crippen molar-refractivity contribution >= 4 is 46.5 Å². The van der Waals surface area contributed by atoms with Gasteiger partial charge in [-0.3, -0.25) is 9.36 Å². The van der Waals surface area contributed by atoms with Crippen LogP contribution in [0.2, 0.25) is 0 Å². The number of carboxylic acid groups (broad SMARTS) is 1. The molecule has 0 bridgehead atoms. The van der Waals surface area contributed by atoms with Crippen molar-refractivity contribution in [3.8, 4) is 11.8 Å². The van der Waals surface area contributed by atoms with Crippen LogP contribution >= 0.6 is 0 Å². The van der Waals surface area contributed by atoms with E-state index in [2.05, 4.69) is 21.8 Å². The van der Waals surface area contributed by atoms with Crippen LogP contribution in [-0.2, 0) is 25.7 Å². The van der Waals surface area contributed by atoms with Crippen molar-refractivity contribution in [3.63, 3.8) is 0 Å². The Kier molecular flexibility index (Phi) is 11.0. The number of amides is 3. The van der Waals surface area contributed by atoms with Crippen LogP contribution in [0.25, 0.3) is 11.0 Å². The van der Waals surface area contributed by atoms with Crippen LogP contribution in [0.1, 0.15) is 25.3 Å². The summed E-state index contributed by atoms with van der Waals surface area (Å²) in [6.45, 7) is 4.03. The van der Waals surface area contributed by atoms with Gasteiger partial charge in [0.2, 0.25) is 12.2 Å². The summed E-state index contributed by atoms with van der Waals surface area (Å²) in [7, 11) is 3.11. The molecule has 3 aromatic rings. The summed E-state index contributed by atoms with van der Waals surface area (Å²) >= 11 is 0. The summed E-state index contributed by atoms with van der Waals surface area (Å²) in [6.07, 6.45) is -6.06. The molecule has 7 atom stereocenters. The Morgan fingerprint density at radius 1 is 1.09 bits per heavy atom. The smallest absolute Gasteiger partial charge is 0.409 e. The Balaban J connectivity index is 1.01. The number of ether oxygens (including phenoxy) is 3. The van der Waals surface area contributed by atoms with E-state index < -0.39 is 42.8 Å². The second-order valence-electron chi connectivity index (χ2n) is 14.0. The zero-order chi connectivity index (χ0) is 39.8. The highest BCUT2D eigenvalue weighted by molar-refractivity contribution is 5.95. The standard InChI is InChI=1S/C35H43N9O11/c1-19-15-44(24(45)6-9-36)35(19)8-11-42(17-35)29-21-7-10-43(30(21)39-18-38-29)33(51)40(2)12-13-41(3)34(52)53-16-20-4-5-23(22(37)14-20)54-32-27(48)25(46)26(47)28(55-32)31(49)50/h4-5,7,10,14,18-19,25-28,32,46-48H,6,8,11-13,15-17,37H2,1-3H3,(H,49,50)/t19-,25-,26-,27+,28-,32+,35-/m0/s1. The van der Waals surface area contributed by atoms with Gasteiger partial charge < -0.3 is 60.0 Å². The van der Waals surface area contributed by atoms with E-state index in [0.29, 0.717) is 42.0 Å². The van der Waals surface area contributed by atoms with Crippen molar-refractivity contribution in [2.75, 3.05) is 57.5 Å². The van der Waals surface area contributed by atoms with Crippen molar-refractivity contribution in [2.45, 2.75) is 62.6 Å². The van der Waals surface area contributed by atoms with Crippen molar-refractivity contribution in [2.24, 2.45) is 5.92 Å². The third-order valence-electron chi connectivity index (χ3n) is 10.6. The van der Waals surface area contributed by atoms with Gasteiger partial charge in [-0.1, -0.05) is 13.0 Å². The summed E-state index contributed by atoms with van der Waals surface area (Å²) in [4.78, 5) is 65.8. The number of nitrogens with zero attached hydrogens (tertiary/aromatic N) is 8. The molecule has 3 fully saturated rings. The van der Waals surface area contributed by atoms with Crippen molar-refractivity contribution in [1.29, 1.82) is 5.26 Å². The predicted molar refractivity (Wildman–Crippen MR) is 190 cm³/mol. The summed E-state index contributed by atoms with van der Waals surface area (Å²) in [5.41, 5.74) is 6.62. The molecule has 0 radical (unpaired) electrons. The number of nitrogens with two attached hydrogens (primary N) is 1. The molecule has 3 amide bonds. The van der Waals surface area contributed by atoms with Crippen molar-refractivity contribution in [1.82, 2.24) is 29.2 Å². The van der Waals surface area contributed by atoms with Crippen LogP contribution in [-0.4, -0.2) is 157 Å². The Morgan fingerprint density at radius 3 is 2.53 bits per heavy atom. The molecule has 2 aromatic heterocycles. The number of fused-ring (bicyclic) bond motifs is 1. The average Bonchev–Trinajstić information content (AvgIpc) is 3.83. The number of carbonyl (C=O) groups excluding carboxylic acids is 3. The van der Waals surface area contributed by atoms with E-state index >= 15 is 0 Å². The van der Waals surface area contributed by atoms with E-state index in [4.69, 9.17) is 25.2 Å². The number of nitrogen functional groups attached to an aromatic ring is 1. The maximum Gasteiger partial charge on any atom is 0.409 e. The number of likely N-dealkylation sites (N-methyl/N-ethyl adjacent to an activating group) is 2. The molecule has 1 spiro atoms. The van der Waals surface area contributed by atoms with Gasteiger partial charge in [-0.25, -0.2) is 24.4 Å². The molecule has 1 aromatic carbocycles. The summed E-state index contributed by atoms with van der Waals surface area (Å²) in [6, 6.07) is 7.68. The lowest BCUT2D eigenvalue weighted by molar-refractivity contribution is -0.271. The summed E-state index contributed by atoms with van der Waals surface area (Å²) < 4.78 is 17.4. The Bertz CT molecular complexity index is 2010. The van der Waals surface area contributed by atoms with Crippen LogP contribution in [0, 0.1) is 17.2 Å². The van der Waals surface area contributed by atoms with Gasteiger partial charge >= 0.3 is 18.1 Å². The summed E-state index contributed by atoms with van der Waals surface area (Å²) in [5.74, 6) is -0.820. The first-order chi connectivity index (χ1) is 26.2. The average molecular weight is 766 g/mol. The van der Waals surface area contributed by atoms with Gasteiger partial charge in [0, 0.05) is 53.0 Å². The number of aliphatic hydroxyl groups excluding tert-OH is 3. The van der Waals surface area contributed by atoms with Crippen LogP contribution in [0.4, 0.5) is 21.1 Å². The van der Waals surface area contributed by atoms with E-state index in [-0.39, 0.29) is 60.9 Å². The molecule has 0 aliphatic carbocycles. The van der Waals surface area contributed by atoms with Gasteiger partial charge in [-0.15, -0.1) is 0 Å². The molecular formula is C35H43N9O11. The molecule has 3 aliphatic heterocycles. The topological polar surface area (TPSA) is 270 Å². The highest BCUT2D eigenvalue weighted by Crippen LogP contribution is 2.45. The van der Waals surface area contributed by atoms with Crippen LogP contribution < -0.4 is 15.4 Å². The van der Waals surface area contributed by atoms with E-state index in [1.807, 2.05) is 11.0 Å². The van der Waals surface area contributed by atoms with Gasteiger partial charge in [0.15, 0.2) is 11.8 Å². The minimum atomic E-state index is -1.88. The maximum absolute atomic E-state index is 13.5. The van der Waals surface area contributed by atoms with Crippen molar-refractivity contribution in [3.05, 3.63) is 42.4 Å². The molecule has 0 unspecified atom stereocenters. The number of hydrogen-bond acceptors (Lipinski definition) is 15.